The van der Waals surface area contributed by atoms with Crippen molar-refractivity contribution in [1.29, 1.82) is 0 Å². The molecule has 2 saturated heterocycles. The van der Waals surface area contributed by atoms with E-state index in [1.165, 1.54) is 0 Å². The van der Waals surface area contributed by atoms with Crippen LogP contribution in [0.15, 0.2) is 0 Å². The number of primary amides is 1. The Kier molecular flexibility index (Phi) is 1.38. The fraction of sp³-hybridized carbons (Fsp3) is 0.714. The van der Waals surface area contributed by atoms with Crippen LogP contribution >= 0.6 is 0 Å². The van der Waals surface area contributed by atoms with Crippen LogP contribution in [0.1, 0.15) is 6.42 Å². The number of amides is 2. The second-order valence-corrected chi connectivity index (χ2v) is 3.55. The predicted molar refractivity (Wildman–Crippen MR) is 41.0 cm³/mol. The summed E-state index contributed by atoms with van der Waals surface area (Å²) in [4.78, 5) is 22.0. The Morgan fingerprint density at radius 2 is 2.25 bits per heavy atom. The summed E-state index contributed by atoms with van der Waals surface area (Å²) in [6.07, 6.45) is 0.424. The van der Waals surface area contributed by atoms with Crippen molar-refractivity contribution in [2.24, 2.45) is 11.1 Å². The summed E-state index contributed by atoms with van der Waals surface area (Å²) in [5, 5.41) is 5.64. The molecule has 0 bridgehead atoms. The summed E-state index contributed by atoms with van der Waals surface area (Å²) >= 11 is 0. The molecule has 2 rings (SSSR count). The summed E-state index contributed by atoms with van der Waals surface area (Å²) in [7, 11) is 0. The molecule has 2 fully saturated rings. The molecule has 0 aliphatic carbocycles. The third-order valence-corrected chi connectivity index (χ3v) is 2.67. The zero-order valence-corrected chi connectivity index (χ0v) is 6.59. The summed E-state index contributed by atoms with van der Waals surface area (Å²) < 4.78 is 0. The van der Waals surface area contributed by atoms with Gasteiger partial charge in [0.2, 0.25) is 11.8 Å². The first kappa shape index (κ1) is 7.54. The van der Waals surface area contributed by atoms with Gasteiger partial charge in [-0.25, -0.2) is 0 Å². The molecule has 1 spiro atoms. The van der Waals surface area contributed by atoms with Crippen molar-refractivity contribution in [1.82, 2.24) is 10.6 Å². The molecule has 0 radical (unpaired) electrons. The Bertz CT molecular complexity index is 247. The maximum Gasteiger partial charge on any atom is 0.240 e. The SMILES string of the molecule is NC(=O)C1NC(=O)CC12CNC2. The normalized spacial score (nSPS) is 31.3. The second-order valence-electron chi connectivity index (χ2n) is 3.55. The zero-order valence-electron chi connectivity index (χ0n) is 6.59. The van der Waals surface area contributed by atoms with Crippen molar-refractivity contribution in [3.63, 3.8) is 0 Å². The van der Waals surface area contributed by atoms with E-state index in [9.17, 15) is 9.59 Å². The first-order chi connectivity index (χ1) is 5.64. The van der Waals surface area contributed by atoms with E-state index in [0.717, 1.165) is 0 Å². The van der Waals surface area contributed by atoms with Gasteiger partial charge < -0.3 is 16.4 Å². The highest BCUT2D eigenvalue weighted by atomic mass is 16.2. The van der Waals surface area contributed by atoms with Gasteiger partial charge in [-0.05, 0) is 0 Å². The van der Waals surface area contributed by atoms with Crippen molar-refractivity contribution >= 4 is 11.8 Å². The number of hydrogen-bond acceptors (Lipinski definition) is 3. The highest BCUT2D eigenvalue weighted by molar-refractivity contribution is 5.92. The topological polar surface area (TPSA) is 84.2 Å². The van der Waals surface area contributed by atoms with E-state index in [0.29, 0.717) is 19.5 Å². The maximum absolute atomic E-state index is 11.0. The Morgan fingerprint density at radius 3 is 2.58 bits per heavy atom. The lowest BCUT2D eigenvalue weighted by Gasteiger charge is -2.41. The van der Waals surface area contributed by atoms with Gasteiger partial charge in [-0.3, -0.25) is 9.59 Å². The minimum absolute atomic E-state index is 0.0692. The van der Waals surface area contributed by atoms with E-state index in [4.69, 9.17) is 5.73 Å². The van der Waals surface area contributed by atoms with Gasteiger partial charge in [0.15, 0.2) is 0 Å². The largest absolute Gasteiger partial charge is 0.368 e. The lowest BCUT2D eigenvalue weighted by atomic mass is 9.75. The molecule has 2 heterocycles. The van der Waals surface area contributed by atoms with Gasteiger partial charge in [0.25, 0.3) is 0 Å². The number of nitrogens with one attached hydrogen (secondary N) is 2. The molecule has 0 saturated carbocycles. The molecule has 0 aromatic heterocycles. The molecule has 1 unspecified atom stereocenters. The monoisotopic (exact) mass is 169 g/mol. The molecule has 1 atom stereocenters. The summed E-state index contributed by atoms with van der Waals surface area (Å²) in [6.45, 7) is 1.42. The van der Waals surface area contributed by atoms with Crippen LogP contribution < -0.4 is 16.4 Å². The smallest absolute Gasteiger partial charge is 0.240 e. The van der Waals surface area contributed by atoms with Crippen LogP contribution in [0.3, 0.4) is 0 Å². The molecule has 2 aliphatic rings. The van der Waals surface area contributed by atoms with Gasteiger partial charge in [0.05, 0.1) is 0 Å². The summed E-state index contributed by atoms with van der Waals surface area (Å²) in [5.41, 5.74) is 4.94. The van der Waals surface area contributed by atoms with Crippen LogP contribution in [0.2, 0.25) is 0 Å². The van der Waals surface area contributed by atoms with Gasteiger partial charge in [-0.15, -0.1) is 0 Å². The molecule has 4 N–H and O–H groups in total. The van der Waals surface area contributed by atoms with Crippen LogP contribution in [0.5, 0.6) is 0 Å². The molecule has 5 nitrogen and oxygen atoms in total. The van der Waals surface area contributed by atoms with Crippen LogP contribution in [0.4, 0.5) is 0 Å². The fourth-order valence-corrected chi connectivity index (χ4v) is 1.94. The van der Waals surface area contributed by atoms with Crippen LogP contribution in [0.25, 0.3) is 0 Å². The molecular weight excluding hydrogens is 158 g/mol. The van der Waals surface area contributed by atoms with Gasteiger partial charge in [-0.1, -0.05) is 0 Å². The third-order valence-electron chi connectivity index (χ3n) is 2.67. The molecule has 2 amide bonds. The zero-order chi connectivity index (χ0) is 8.77. The third kappa shape index (κ3) is 0.828. The van der Waals surface area contributed by atoms with Gasteiger partial charge in [0.1, 0.15) is 6.04 Å². The van der Waals surface area contributed by atoms with Crippen LogP contribution in [0, 0.1) is 5.41 Å². The van der Waals surface area contributed by atoms with Crippen molar-refractivity contribution < 1.29 is 9.59 Å². The van der Waals surface area contributed by atoms with Gasteiger partial charge in [0, 0.05) is 24.9 Å². The Hall–Kier alpha value is -1.10. The molecule has 5 heteroatoms. The van der Waals surface area contributed by atoms with Gasteiger partial charge in [-0.2, -0.15) is 0 Å². The molecular formula is C7H11N3O2. The van der Waals surface area contributed by atoms with E-state index in [1.54, 1.807) is 0 Å². The van der Waals surface area contributed by atoms with E-state index in [1.807, 2.05) is 0 Å². The molecule has 12 heavy (non-hydrogen) atoms. The second kappa shape index (κ2) is 2.20. The molecule has 66 valence electrons. The first-order valence-corrected chi connectivity index (χ1v) is 3.93. The number of hydrogen-bond donors (Lipinski definition) is 3. The average Bonchev–Trinajstić information content (AvgIpc) is 2.25. The maximum atomic E-state index is 11.0. The summed E-state index contributed by atoms with van der Waals surface area (Å²) in [5.74, 6) is -0.498. The first-order valence-electron chi connectivity index (χ1n) is 3.93. The van der Waals surface area contributed by atoms with Gasteiger partial charge >= 0.3 is 0 Å². The summed E-state index contributed by atoms with van der Waals surface area (Å²) in [6, 6.07) is -0.466. The number of rotatable bonds is 1. The minimum atomic E-state index is -0.466. The number of nitrogens with two attached hydrogens (primary N) is 1. The lowest BCUT2D eigenvalue weighted by Crippen LogP contribution is -2.62. The highest BCUT2D eigenvalue weighted by Crippen LogP contribution is 2.35. The molecule has 0 aromatic carbocycles. The van der Waals surface area contributed by atoms with Crippen LogP contribution in [-0.2, 0) is 9.59 Å². The number of carbonyl (C=O) groups excluding carboxylic acids is 2. The molecule has 2 aliphatic heterocycles. The van der Waals surface area contributed by atoms with Crippen molar-refractivity contribution in [2.75, 3.05) is 13.1 Å². The Morgan fingerprint density at radius 1 is 1.58 bits per heavy atom. The lowest BCUT2D eigenvalue weighted by molar-refractivity contribution is -0.124. The van der Waals surface area contributed by atoms with E-state index in [2.05, 4.69) is 10.6 Å². The van der Waals surface area contributed by atoms with Crippen molar-refractivity contribution in [3.05, 3.63) is 0 Å². The minimum Gasteiger partial charge on any atom is -0.368 e. The van der Waals surface area contributed by atoms with Crippen molar-refractivity contribution in [3.8, 4) is 0 Å². The van der Waals surface area contributed by atoms with E-state index in [-0.39, 0.29) is 11.3 Å². The fourth-order valence-electron chi connectivity index (χ4n) is 1.94. The van der Waals surface area contributed by atoms with Crippen LogP contribution in [-0.4, -0.2) is 30.9 Å². The Labute approximate surface area is 69.7 Å². The quantitative estimate of drug-likeness (QED) is 0.422. The standard InChI is InChI=1S/C7H11N3O2/c8-6(12)5-7(2-9-3-7)1-4(11)10-5/h5,9H,1-3H2,(H2,8,12)(H,10,11). The predicted octanol–water partition coefficient (Wildman–Crippen LogP) is -2.05. The Balaban J connectivity index is 2.21. The van der Waals surface area contributed by atoms with Crippen molar-refractivity contribution in [2.45, 2.75) is 12.5 Å². The molecule has 0 aromatic rings. The highest BCUT2D eigenvalue weighted by Gasteiger charge is 2.53. The van der Waals surface area contributed by atoms with E-state index < -0.39 is 11.9 Å². The van der Waals surface area contributed by atoms with E-state index >= 15 is 0 Å². The number of carbonyl (C=O) groups is 2. The average molecular weight is 169 g/mol.